The predicted molar refractivity (Wildman–Crippen MR) is 89.6 cm³/mol. The quantitative estimate of drug-likeness (QED) is 0.932. The molecule has 1 aromatic heterocycles. The predicted octanol–water partition coefficient (Wildman–Crippen LogP) is 3.79. The zero-order chi connectivity index (χ0) is 14.9. The van der Waals surface area contributed by atoms with Crippen molar-refractivity contribution in [2.45, 2.75) is 30.6 Å². The molecule has 0 spiro atoms. The van der Waals surface area contributed by atoms with E-state index in [-0.39, 0.29) is 11.3 Å². The number of thiophene rings is 1. The zero-order valence-corrected chi connectivity index (χ0v) is 13.6. The SMILES string of the molecule is CS(=O)(=O)C1CCCC1Nc1ccccc1-c1cccs1. The van der Waals surface area contributed by atoms with Gasteiger partial charge in [-0.3, -0.25) is 0 Å². The molecule has 3 rings (SSSR count). The molecule has 5 heteroatoms. The molecule has 1 aliphatic rings. The fourth-order valence-electron chi connectivity index (χ4n) is 3.06. The molecular formula is C16H19NO2S2. The standard InChI is InChI=1S/C16H19NO2S2/c1-21(18,19)16-10-4-8-14(16)17-13-7-3-2-6-12(13)15-9-5-11-20-15/h2-3,5-7,9,11,14,16-17H,4,8,10H2,1H3. The van der Waals surface area contributed by atoms with Gasteiger partial charge in [-0.1, -0.05) is 24.3 Å². The summed E-state index contributed by atoms with van der Waals surface area (Å²) < 4.78 is 23.8. The van der Waals surface area contributed by atoms with Crippen LogP contribution >= 0.6 is 11.3 Å². The van der Waals surface area contributed by atoms with Gasteiger partial charge in [0.25, 0.3) is 0 Å². The first-order chi connectivity index (χ1) is 10.1. The van der Waals surface area contributed by atoms with Gasteiger partial charge < -0.3 is 5.32 Å². The first-order valence-electron chi connectivity index (χ1n) is 7.14. The molecule has 0 aliphatic heterocycles. The van der Waals surface area contributed by atoms with Crippen molar-refractivity contribution in [1.29, 1.82) is 0 Å². The number of hydrogen-bond donors (Lipinski definition) is 1. The number of benzene rings is 1. The number of anilines is 1. The van der Waals surface area contributed by atoms with Crippen molar-refractivity contribution in [3.05, 3.63) is 41.8 Å². The van der Waals surface area contributed by atoms with E-state index in [4.69, 9.17) is 0 Å². The third-order valence-electron chi connectivity index (χ3n) is 4.06. The maximum Gasteiger partial charge on any atom is 0.152 e. The topological polar surface area (TPSA) is 46.2 Å². The Balaban J connectivity index is 1.89. The Kier molecular flexibility index (Phi) is 4.04. The van der Waals surface area contributed by atoms with Gasteiger partial charge in [0.05, 0.1) is 5.25 Å². The number of rotatable bonds is 4. The Morgan fingerprint density at radius 3 is 2.67 bits per heavy atom. The summed E-state index contributed by atoms with van der Waals surface area (Å²) >= 11 is 1.70. The first kappa shape index (κ1) is 14.6. The van der Waals surface area contributed by atoms with Gasteiger partial charge in [-0.2, -0.15) is 0 Å². The summed E-state index contributed by atoms with van der Waals surface area (Å²) in [6.07, 6.45) is 3.99. The summed E-state index contributed by atoms with van der Waals surface area (Å²) in [6.45, 7) is 0. The number of para-hydroxylation sites is 1. The van der Waals surface area contributed by atoms with Crippen molar-refractivity contribution in [3.63, 3.8) is 0 Å². The summed E-state index contributed by atoms with van der Waals surface area (Å²) in [5, 5.41) is 5.27. The Morgan fingerprint density at radius 1 is 1.14 bits per heavy atom. The molecule has 21 heavy (non-hydrogen) atoms. The molecular weight excluding hydrogens is 302 g/mol. The normalized spacial score (nSPS) is 22.3. The highest BCUT2D eigenvalue weighted by Crippen LogP contribution is 2.34. The highest BCUT2D eigenvalue weighted by molar-refractivity contribution is 7.91. The number of sulfone groups is 1. The minimum atomic E-state index is -3.00. The summed E-state index contributed by atoms with van der Waals surface area (Å²) in [6, 6.07) is 12.3. The van der Waals surface area contributed by atoms with Gasteiger partial charge in [0.2, 0.25) is 0 Å². The van der Waals surface area contributed by atoms with Gasteiger partial charge in [-0.15, -0.1) is 11.3 Å². The first-order valence-corrected chi connectivity index (χ1v) is 9.97. The number of nitrogens with one attached hydrogen (secondary N) is 1. The molecule has 1 heterocycles. The van der Waals surface area contributed by atoms with Gasteiger partial charge in [-0.05, 0) is 36.8 Å². The maximum atomic E-state index is 11.9. The average Bonchev–Trinajstić information content (AvgIpc) is 3.09. The minimum absolute atomic E-state index is 0.0149. The van der Waals surface area contributed by atoms with E-state index in [9.17, 15) is 8.42 Å². The van der Waals surface area contributed by atoms with Crippen LogP contribution in [0.25, 0.3) is 10.4 Å². The van der Waals surface area contributed by atoms with E-state index in [1.54, 1.807) is 11.3 Å². The van der Waals surface area contributed by atoms with E-state index in [0.29, 0.717) is 0 Å². The lowest BCUT2D eigenvalue weighted by atomic mass is 10.1. The number of hydrogen-bond acceptors (Lipinski definition) is 4. The van der Waals surface area contributed by atoms with E-state index < -0.39 is 9.84 Å². The Bertz CT molecular complexity index is 708. The third-order valence-corrected chi connectivity index (χ3v) is 6.62. The molecule has 1 fully saturated rings. The van der Waals surface area contributed by atoms with Crippen LogP contribution in [0.5, 0.6) is 0 Å². The molecule has 0 saturated heterocycles. The Hall–Kier alpha value is -1.33. The van der Waals surface area contributed by atoms with E-state index in [0.717, 1.165) is 30.5 Å². The monoisotopic (exact) mass is 321 g/mol. The second-order valence-electron chi connectivity index (χ2n) is 5.57. The molecule has 0 amide bonds. The molecule has 112 valence electrons. The lowest BCUT2D eigenvalue weighted by Gasteiger charge is -2.22. The van der Waals surface area contributed by atoms with E-state index in [1.807, 2.05) is 24.3 Å². The summed E-state index contributed by atoms with van der Waals surface area (Å²) in [5.41, 5.74) is 2.17. The van der Waals surface area contributed by atoms with E-state index >= 15 is 0 Å². The highest BCUT2D eigenvalue weighted by atomic mass is 32.2. The van der Waals surface area contributed by atoms with Gasteiger partial charge in [0.1, 0.15) is 0 Å². The highest BCUT2D eigenvalue weighted by Gasteiger charge is 2.34. The lowest BCUT2D eigenvalue weighted by Crippen LogP contribution is -2.34. The Labute approximate surface area is 129 Å². The van der Waals surface area contributed by atoms with Crippen LogP contribution in [0.1, 0.15) is 19.3 Å². The van der Waals surface area contributed by atoms with Gasteiger partial charge in [0, 0.05) is 28.4 Å². The molecule has 2 unspecified atom stereocenters. The van der Waals surface area contributed by atoms with Crippen LogP contribution in [-0.2, 0) is 9.84 Å². The fourth-order valence-corrected chi connectivity index (χ4v) is 5.22. The lowest BCUT2D eigenvalue weighted by molar-refractivity contribution is 0.579. The van der Waals surface area contributed by atoms with Crippen LogP contribution in [0.2, 0.25) is 0 Å². The second kappa shape index (κ2) is 5.81. The average molecular weight is 321 g/mol. The molecule has 2 aromatic rings. The molecule has 2 atom stereocenters. The Morgan fingerprint density at radius 2 is 1.95 bits per heavy atom. The second-order valence-corrected chi connectivity index (χ2v) is 8.78. The summed E-state index contributed by atoms with van der Waals surface area (Å²) in [7, 11) is -3.00. The van der Waals surface area contributed by atoms with Gasteiger partial charge >= 0.3 is 0 Å². The molecule has 1 N–H and O–H groups in total. The van der Waals surface area contributed by atoms with Crippen LogP contribution in [0.15, 0.2) is 41.8 Å². The van der Waals surface area contributed by atoms with Crippen molar-refractivity contribution in [2.75, 3.05) is 11.6 Å². The molecule has 1 aliphatic carbocycles. The van der Waals surface area contributed by atoms with Crippen LogP contribution in [0.4, 0.5) is 5.69 Å². The van der Waals surface area contributed by atoms with Crippen molar-refractivity contribution in [1.82, 2.24) is 0 Å². The van der Waals surface area contributed by atoms with Crippen molar-refractivity contribution in [3.8, 4) is 10.4 Å². The fraction of sp³-hybridized carbons (Fsp3) is 0.375. The summed E-state index contributed by atoms with van der Waals surface area (Å²) in [4.78, 5) is 1.20. The van der Waals surface area contributed by atoms with Crippen LogP contribution in [0.3, 0.4) is 0 Å². The maximum absolute atomic E-state index is 11.9. The largest absolute Gasteiger partial charge is 0.380 e. The van der Waals surface area contributed by atoms with Crippen molar-refractivity contribution >= 4 is 26.9 Å². The van der Waals surface area contributed by atoms with E-state index in [1.165, 1.54) is 11.1 Å². The van der Waals surface area contributed by atoms with Crippen molar-refractivity contribution in [2.24, 2.45) is 0 Å². The minimum Gasteiger partial charge on any atom is -0.380 e. The smallest absolute Gasteiger partial charge is 0.152 e. The van der Waals surface area contributed by atoms with Crippen LogP contribution in [-0.4, -0.2) is 26.0 Å². The molecule has 3 nitrogen and oxygen atoms in total. The van der Waals surface area contributed by atoms with Gasteiger partial charge in [0.15, 0.2) is 9.84 Å². The van der Waals surface area contributed by atoms with Crippen molar-refractivity contribution < 1.29 is 8.42 Å². The van der Waals surface area contributed by atoms with E-state index in [2.05, 4.69) is 22.8 Å². The van der Waals surface area contributed by atoms with Gasteiger partial charge in [-0.25, -0.2) is 8.42 Å². The summed E-state index contributed by atoms with van der Waals surface area (Å²) in [5.74, 6) is 0. The zero-order valence-electron chi connectivity index (χ0n) is 12.0. The molecule has 0 bridgehead atoms. The van der Waals surface area contributed by atoms with Crippen LogP contribution in [0, 0.1) is 0 Å². The molecule has 1 saturated carbocycles. The third kappa shape index (κ3) is 3.14. The molecule has 0 radical (unpaired) electrons. The van der Waals surface area contributed by atoms with Crippen LogP contribution < -0.4 is 5.32 Å². The molecule has 1 aromatic carbocycles.